The van der Waals surface area contributed by atoms with Gasteiger partial charge in [0.15, 0.2) is 5.76 Å². The minimum Gasteiger partial charge on any atom is -0.456 e. The largest absolute Gasteiger partial charge is 0.456 e. The van der Waals surface area contributed by atoms with E-state index in [1.807, 2.05) is 17.9 Å². The Morgan fingerprint density at radius 3 is 2.74 bits per heavy atom. The van der Waals surface area contributed by atoms with Crippen LogP contribution in [0.1, 0.15) is 42.0 Å². The fourth-order valence-electron chi connectivity index (χ4n) is 5.04. The average molecular weight is 424 g/mol. The van der Waals surface area contributed by atoms with E-state index in [0.717, 1.165) is 25.1 Å². The molecule has 1 saturated carbocycles. The van der Waals surface area contributed by atoms with Gasteiger partial charge in [-0.2, -0.15) is 0 Å². The molecule has 164 valence electrons. The van der Waals surface area contributed by atoms with E-state index in [9.17, 15) is 9.59 Å². The fraction of sp³-hybridized carbons (Fsp3) is 0.565. The number of aryl methyl sites for hydroxylation is 1. The molecule has 8 nitrogen and oxygen atoms in total. The Balaban J connectivity index is 1.40. The summed E-state index contributed by atoms with van der Waals surface area (Å²) in [6, 6.07) is 5.34. The summed E-state index contributed by atoms with van der Waals surface area (Å²) >= 11 is 0. The lowest BCUT2D eigenvalue weighted by molar-refractivity contribution is -0.132. The predicted octanol–water partition coefficient (Wildman–Crippen LogP) is 2.26. The number of carbonyl (C=O) groups excluding carboxylic acids is 2. The van der Waals surface area contributed by atoms with Crippen molar-refractivity contribution in [2.24, 2.45) is 17.3 Å². The van der Waals surface area contributed by atoms with E-state index in [1.165, 1.54) is 12.8 Å². The summed E-state index contributed by atoms with van der Waals surface area (Å²) in [6.45, 7) is 4.99. The highest BCUT2D eigenvalue weighted by molar-refractivity contribution is 5.92. The van der Waals surface area contributed by atoms with Crippen LogP contribution in [0, 0.1) is 24.2 Å². The lowest BCUT2D eigenvalue weighted by atomic mass is 9.74. The van der Waals surface area contributed by atoms with Gasteiger partial charge < -0.3 is 19.5 Å². The number of fused-ring (bicyclic) bond motifs is 1. The Kier molecular flexibility index (Phi) is 5.16. The van der Waals surface area contributed by atoms with Crippen LogP contribution in [-0.4, -0.2) is 59.4 Å². The van der Waals surface area contributed by atoms with Gasteiger partial charge in [0.2, 0.25) is 11.9 Å². The molecule has 3 aliphatic rings. The molecule has 0 unspecified atom stereocenters. The zero-order valence-corrected chi connectivity index (χ0v) is 17.9. The Labute approximate surface area is 182 Å². The molecule has 0 radical (unpaired) electrons. The molecule has 0 spiro atoms. The van der Waals surface area contributed by atoms with E-state index in [2.05, 4.69) is 20.2 Å². The molecule has 0 aromatic carbocycles. The van der Waals surface area contributed by atoms with Crippen molar-refractivity contribution < 1.29 is 14.0 Å². The zero-order valence-electron chi connectivity index (χ0n) is 17.9. The maximum atomic E-state index is 13.5. The number of rotatable bonds is 5. The highest BCUT2D eigenvalue weighted by Crippen LogP contribution is 2.44. The van der Waals surface area contributed by atoms with Gasteiger partial charge in [-0.25, -0.2) is 9.97 Å². The first-order valence-corrected chi connectivity index (χ1v) is 11.2. The van der Waals surface area contributed by atoms with Crippen molar-refractivity contribution in [1.29, 1.82) is 0 Å². The molecular formula is C23H29N5O3. The van der Waals surface area contributed by atoms with E-state index in [-0.39, 0.29) is 17.7 Å². The summed E-state index contributed by atoms with van der Waals surface area (Å²) in [6.07, 6.45) is 7.38. The molecule has 2 saturated heterocycles. The number of furan rings is 1. The molecule has 2 aromatic heterocycles. The van der Waals surface area contributed by atoms with Gasteiger partial charge in [0.1, 0.15) is 5.76 Å². The maximum absolute atomic E-state index is 13.5. The van der Waals surface area contributed by atoms with Crippen LogP contribution in [-0.2, 0) is 4.79 Å². The summed E-state index contributed by atoms with van der Waals surface area (Å²) in [7, 11) is 0. The second-order valence-electron chi connectivity index (χ2n) is 9.20. The second kappa shape index (κ2) is 7.98. The molecule has 1 N–H and O–H groups in total. The van der Waals surface area contributed by atoms with Crippen LogP contribution in [0.2, 0.25) is 0 Å². The van der Waals surface area contributed by atoms with E-state index < -0.39 is 5.41 Å². The van der Waals surface area contributed by atoms with Gasteiger partial charge in [-0.3, -0.25) is 9.59 Å². The quantitative estimate of drug-likeness (QED) is 0.793. The molecule has 2 amide bonds. The highest BCUT2D eigenvalue weighted by atomic mass is 16.3. The van der Waals surface area contributed by atoms with E-state index in [0.29, 0.717) is 43.8 Å². The third-order valence-electron chi connectivity index (χ3n) is 6.96. The molecule has 1 aliphatic carbocycles. The monoisotopic (exact) mass is 423 g/mol. The van der Waals surface area contributed by atoms with Crippen LogP contribution in [0.3, 0.4) is 0 Å². The number of anilines is 1. The summed E-state index contributed by atoms with van der Waals surface area (Å²) < 4.78 is 5.58. The molecule has 8 heteroatoms. The van der Waals surface area contributed by atoms with Gasteiger partial charge in [-0.15, -0.1) is 0 Å². The lowest BCUT2D eigenvalue weighted by Crippen LogP contribution is -2.48. The first kappa shape index (κ1) is 20.0. The molecule has 5 rings (SSSR count). The van der Waals surface area contributed by atoms with Crippen molar-refractivity contribution >= 4 is 17.8 Å². The lowest BCUT2D eigenvalue weighted by Gasteiger charge is -2.32. The van der Waals surface area contributed by atoms with Gasteiger partial charge in [0, 0.05) is 51.0 Å². The third kappa shape index (κ3) is 3.91. The molecule has 4 heterocycles. The Morgan fingerprint density at radius 1 is 1.23 bits per heavy atom. The van der Waals surface area contributed by atoms with Crippen molar-refractivity contribution in [3.8, 4) is 0 Å². The Hall–Kier alpha value is -2.90. The number of nitrogens with zero attached hydrogens (tertiary/aromatic N) is 4. The van der Waals surface area contributed by atoms with Crippen LogP contribution in [0.5, 0.6) is 0 Å². The first-order valence-electron chi connectivity index (χ1n) is 11.2. The number of hydrogen-bond donors (Lipinski definition) is 1. The molecule has 0 bridgehead atoms. The average Bonchev–Trinajstić information content (AvgIpc) is 3.45. The number of likely N-dealkylation sites (tertiary alicyclic amines) is 1. The number of hydrogen-bond acceptors (Lipinski definition) is 6. The van der Waals surface area contributed by atoms with Crippen molar-refractivity contribution in [2.45, 2.75) is 32.6 Å². The molecule has 2 atom stereocenters. The van der Waals surface area contributed by atoms with Gasteiger partial charge in [-0.05, 0) is 56.7 Å². The van der Waals surface area contributed by atoms with E-state index in [4.69, 9.17) is 4.42 Å². The normalized spacial score (nSPS) is 25.8. The second-order valence-corrected chi connectivity index (χ2v) is 9.20. The first-order chi connectivity index (χ1) is 15.0. The van der Waals surface area contributed by atoms with Gasteiger partial charge >= 0.3 is 0 Å². The van der Waals surface area contributed by atoms with Gasteiger partial charge in [0.05, 0.1) is 5.41 Å². The van der Waals surface area contributed by atoms with Crippen molar-refractivity contribution in [3.63, 3.8) is 0 Å². The van der Waals surface area contributed by atoms with Gasteiger partial charge in [0.25, 0.3) is 5.91 Å². The molecular weight excluding hydrogens is 394 g/mol. The van der Waals surface area contributed by atoms with Crippen LogP contribution >= 0.6 is 0 Å². The van der Waals surface area contributed by atoms with Crippen molar-refractivity contribution in [1.82, 2.24) is 20.2 Å². The van der Waals surface area contributed by atoms with Crippen molar-refractivity contribution in [3.05, 3.63) is 42.1 Å². The van der Waals surface area contributed by atoms with Gasteiger partial charge in [-0.1, -0.05) is 0 Å². The Morgan fingerprint density at radius 2 is 2.03 bits per heavy atom. The van der Waals surface area contributed by atoms with Crippen LogP contribution in [0.25, 0.3) is 0 Å². The zero-order chi connectivity index (χ0) is 21.4. The fourth-order valence-corrected chi connectivity index (χ4v) is 5.04. The number of carbonyl (C=O) groups is 2. The molecule has 2 aliphatic heterocycles. The number of amides is 2. The smallest absolute Gasteiger partial charge is 0.289 e. The minimum atomic E-state index is -0.539. The highest BCUT2D eigenvalue weighted by Gasteiger charge is 2.54. The molecule has 3 fully saturated rings. The standard InChI is InChI=1S/C23H29N5O3/c1-16-4-7-19(31-16)20(29)27-11-2-8-23(21(30)26-12-17-5-6-17)15-28(14-18(23)13-27)22-24-9-3-10-25-22/h3-4,7,9-10,17-18H,2,5-6,8,11-15H2,1H3,(H,26,30)/t18-,23-/m1/s1. The SMILES string of the molecule is Cc1ccc(C(=O)N2CCC[C@@]3(C(=O)NCC4CC4)CN(c4ncccn4)C[C@H]3C2)o1. The Bertz CT molecular complexity index is 957. The van der Waals surface area contributed by atoms with E-state index in [1.54, 1.807) is 24.5 Å². The molecule has 31 heavy (non-hydrogen) atoms. The number of aromatic nitrogens is 2. The number of nitrogens with one attached hydrogen (secondary N) is 1. The maximum Gasteiger partial charge on any atom is 0.289 e. The van der Waals surface area contributed by atoms with Crippen LogP contribution in [0.4, 0.5) is 5.95 Å². The van der Waals surface area contributed by atoms with Crippen LogP contribution < -0.4 is 10.2 Å². The topological polar surface area (TPSA) is 91.6 Å². The third-order valence-corrected chi connectivity index (χ3v) is 6.96. The summed E-state index contributed by atoms with van der Waals surface area (Å²) in [5, 5.41) is 3.23. The predicted molar refractivity (Wildman–Crippen MR) is 114 cm³/mol. The summed E-state index contributed by atoms with van der Waals surface area (Å²) in [5.74, 6) is 2.38. The summed E-state index contributed by atoms with van der Waals surface area (Å²) in [5.41, 5.74) is -0.539. The summed E-state index contributed by atoms with van der Waals surface area (Å²) in [4.78, 5) is 39.4. The van der Waals surface area contributed by atoms with E-state index >= 15 is 0 Å². The van der Waals surface area contributed by atoms with Crippen LogP contribution in [0.15, 0.2) is 35.0 Å². The van der Waals surface area contributed by atoms with Crippen molar-refractivity contribution in [2.75, 3.05) is 37.6 Å². The molecule has 2 aromatic rings. The minimum absolute atomic E-state index is 0.0121.